The third kappa shape index (κ3) is 2.83. The SMILES string of the molecule is CC1SCCCC1Nc1ccc(F)c(Cl)c1. The number of thioether (sulfide) groups is 1. The van der Waals surface area contributed by atoms with Gasteiger partial charge >= 0.3 is 0 Å². The monoisotopic (exact) mass is 259 g/mol. The second-order valence-corrected chi connectivity index (χ2v) is 5.99. The van der Waals surface area contributed by atoms with Crippen molar-refractivity contribution in [2.24, 2.45) is 0 Å². The van der Waals surface area contributed by atoms with Crippen LogP contribution in [0.2, 0.25) is 5.02 Å². The van der Waals surface area contributed by atoms with E-state index in [0.29, 0.717) is 11.3 Å². The molecule has 1 aromatic carbocycles. The zero-order valence-corrected chi connectivity index (χ0v) is 10.7. The minimum Gasteiger partial charge on any atom is -0.381 e. The molecule has 1 N–H and O–H groups in total. The van der Waals surface area contributed by atoms with Gasteiger partial charge in [0.05, 0.1) is 5.02 Å². The molecule has 0 aromatic heterocycles. The van der Waals surface area contributed by atoms with Crippen LogP contribution in [0.5, 0.6) is 0 Å². The van der Waals surface area contributed by atoms with Crippen molar-refractivity contribution in [2.75, 3.05) is 11.1 Å². The van der Waals surface area contributed by atoms with E-state index in [1.54, 1.807) is 12.1 Å². The summed E-state index contributed by atoms with van der Waals surface area (Å²) in [4.78, 5) is 0. The van der Waals surface area contributed by atoms with Crippen molar-refractivity contribution >= 4 is 29.1 Å². The van der Waals surface area contributed by atoms with Crippen molar-refractivity contribution < 1.29 is 4.39 Å². The molecule has 2 rings (SSSR count). The maximum Gasteiger partial charge on any atom is 0.141 e. The van der Waals surface area contributed by atoms with Crippen molar-refractivity contribution in [1.82, 2.24) is 0 Å². The van der Waals surface area contributed by atoms with Crippen LogP contribution in [0.25, 0.3) is 0 Å². The first-order valence-corrected chi connectivity index (χ1v) is 6.92. The topological polar surface area (TPSA) is 12.0 Å². The molecule has 2 unspecified atom stereocenters. The highest BCUT2D eigenvalue weighted by Crippen LogP contribution is 2.28. The zero-order valence-electron chi connectivity index (χ0n) is 9.17. The third-order valence-electron chi connectivity index (χ3n) is 2.88. The Bertz CT molecular complexity index is 372. The van der Waals surface area contributed by atoms with Gasteiger partial charge in [-0.25, -0.2) is 4.39 Å². The van der Waals surface area contributed by atoms with Crippen molar-refractivity contribution in [2.45, 2.75) is 31.1 Å². The standard InChI is InChI=1S/C12H15ClFNS/c1-8-12(3-2-6-16-8)15-9-4-5-11(14)10(13)7-9/h4-5,7-8,12,15H,2-3,6H2,1H3. The van der Waals surface area contributed by atoms with Crippen molar-refractivity contribution in [3.8, 4) is 0 Å². The van der Waals surface area contributed by atoms with E-state index in [-0.39, 0.29) is 10.8 Å². The fraction of sp³-hybridized carbons (Fsp3) is 0.500. The molecule has 1 nitrogen and oxygen atoms in total. The molecule has 0 radical (unpaired) electrons. The number of benzene rings is 1. The minimum absolute atomic E-state index is 0.182. The molecular formula is C12H15ClFNS. The molecule has 16 heavy (non-hydrogen) atoms. The molecule has 0 saturated carbocycles. The summed E-state index contributed by atoms with van der Waals surface area (Å²) in [6.07, 6.45) is 2.41. The van der Waals surface area contributed by atoms with E-state index in [4.69, 9.17) is 11.6 Å². The molecule has 4 heteroatoms. The predicted octanol–water partition coefficient (Wildman–Crippen LogP) is 4.18. The Morgan fingerprint density at radius 3 is 3.00 bits per heavy atom. The first-order valence-electron chi connectivity index (χ1n) is 5.50. The summed E-state index contributed by atoms with van der Waals surface area (Å²) in [6.45, 7) is 2.23. The van der Waals surface area contributed by atoms with Gasteiger partial charge in [-0.2, -0.15) is 11.8 Å². The van der Waals surface area contributed by atoms with Crippen LogP contribution >= 0.6 is 23.4 Å². The van der Waals surface area contributed by atoms with Crippen molar-refractivity contribution in [3.63, 3.8) is 0 Å². The van der Waals surface area contributed by atoms with Gasteiger partial charge in [0.15, 0.2) is 0 Å². The molecule has 1 aliphatic heterocycles. The minimum atomic E-state index is -0.363. The molecule has 0 amide bonds. The first-order chi connectivity index (χ1) is 7.66. The lowest BCUT2D eigenvalue weighted by molar-refractivity contribution is 0.615. The highest BCUT2D eigenvalue weighted by molar-refractivity contribution is 8.00. The molecule has 1 fully saturated rings. The van der Waals surface area contributed by atoms with Crippen LogP contribution in [0, 0.1) is 5.82 Å². The number of halogens is 2. The molecule has 0 spiro atoms. The van der Waals surface area contributed by atoms with E-state index in [1.165, 1.54) is 24.7 Å². The van der Waals surface area contributed by atoms with Gasteiger partial charge < -0.3 is 5.32 Å². The fourth-order valence-electron chi connectivity index (χ4n) is 1.91. The lowest BCUT2D eigenvalue weighted by Gasteiger charge is -2.30. The highest BCUT2D eigenvalue weighted by Gasteiger charge is 2.21. The smallest absolute Gasteiger partial charge is 0.141 e. The van der Waals surface area contributed by atoms with E-state index in [0.717, 1.165) is 5.69 Å². The molecule has 2 atom stereocenters. The van der Waals surface area contributed by atoms with Crippen molar-refractivity contribution in [1.29, 1.82) is 0 Å². The second-order valence-electron chi connectivity index (χ2n) is 4.10. The lowest BCUT2D eigenvalue weighted by Crippen LogP contribution is -2.32. The molecule has 1 saturated heterocycles. The largest absolute Gasteiger partial charge is 0.381 e. The van der Waals surface area contributed by atoms with Gasteiger partial charge in [0.2, 0.25) is 0 Å². The van der Waals surface area contributed by atoms with Crippen LogP contribution in [0.15, 0.2) is 18.2 Å². The third-order valence-corrected chi connectivity index (χ3v) is 4.55. The highest BCUT2D eigenvalue weighted by atomic mass is 35.5. The van der Waals surface area contributed by atoms with Crippen LogP contribution < -0.4 is 5.32 Å². The lowest BCUT2D eigenvalue weighted by atomic mass is 10.1. The average Bonchev–Trinajstić information content (AvgIpc) is 2.27. The van der Waals surface area contributed by atoms with Gasteiger partial charge in [-0.15, -0.1) is 0 Å². The number of rotatable bonds is 2. The Kier molecular flexibility index (Phi) is 3.98. The van der Waals surface area contributed by atoms with E-state index in [2.05, 4.69) is 12.2 Å². The summed E-state index contributed by atoms with van der Waals surface area (Å²) < 4.78 is 13.0. The van der Waals surface area contributed by atoms with E-state index < -0.39 is 0 Å². The van der Waals surface area contributed by atoms with Crippen LogP contribution in [0.3, 0.4) is 0 Å². The van der Waals surface area contributed by atoms with Crippen LogP contribution in [0.1, 0.15) is 19.8 Å². The predicted molar refractivity (Wildman–Crippen MR) is 70.0 cm³/mol. The number of hydrogen-bond donors (Lipinski definition) is 1. The average molecular weight is 260 g/mol. The van der Waals surface area contributed by atoms with E-state index in [9.17, 15) is 4.39 Å². The summed E-state index contributed by atoms with van der Waals surface area (Å²) >= 11 is 7.73. The summed E-state index contributed by atoms with van der Waals surface area (Å²) in [5.41, 5.74) is 0.908. The molecule has 0 bridgehead atoms. The Morgan fingerprint density at radius 2 is 2.31 bits per heavy atom. The van der Waals surface area contributed by atoms with Crippen molar-refractivity contribution in [3.05, 3.63) is 29.0 Å². The van der Waals surface area contributed by atoms with Gasteiger partial charge in [0.25, 0.3) is 0 Å². The Hall–Kier alpha value is -0.410. The first kappa shape index (κ1) is 12.1. The fourth-order valence-corrected chi connectivity index (χ4v) is 3.23. The Morgan fingerprint density at radius 1 is 1.50 bits per heavy atom. The summed E-state index contributed by atoms with van der Waals surface area (Å²) in [5.74, 6) is 0.877. The Balaban J connectivity index is 2.05. The normalized spacial score (nSPS) is 25.4. The molecule has 88 valence electrons. The second kappa shape index (κ2) is 5.28. The maximum atomic E-state index is 13.0. The van der Waals surface area contributed by atoms with Gasteiger partial charge in [-0.05, 0) is 36.8 Å². The van der Waals surface area contributed by atoms with Gasteiger partial charge in [-0.3, -0.25) is 0 Å². The van der Waals surface area contributed by atoms with Gasteiger partial charge in [-0.1, -0.05) is 18.5 Å². The van der Waals surface area contributed by atoms with Crippen LogP contribution in [-0.4, -0.2) is 17.0 Å². The number of hydrogen-bond acceptors (Lipinski definition) is 2. The van der Waals surface area contributed by atoms with Crippen LogP contribution in [-0.2, 0) is 0 Å². The summed E-state index contributed by atoms with van der Waals surface area (Å²) in [7, 11) is 0. The summed E-state index contributed by atoms with van der Waals surface area (Å²) in [5, 5.41) is 4.20. The van der Waals surface area contributed by atoms with Gasteiger partial charge in [0.1, 0.15) is 5.82 Å². The molecular weight excluding hydrogens is 245 g/mol. The van der Waals surface area contributed by atoms with E-state index in [1.807, 2.05) is 11.8 Å². The molecule has 1 heterocycles. The number of anilines is 1. The quantitative estimate of drug-likeness (QED) is 0.855. The summed E-state index contributed by atoms with van der Waals surface area (Å²) in [6, 6.07) is 5.27. The Labute approximate surface area is 105 Å². The maximum absolute atomic E-state index is 13.0. The molecule has 1 aromatic rings. The number of nitrogens with one attached hydrogen (secondary N) is 1. The zero-order chi connectivity index (χ0) is 11.5. The molecule has 0 aliphatic carbocycles. The van der Waals surface area contributed by atoms with Crippen LogP contribution in [0.4, 0.5) is 10.1 Å². The molecule has 1 aliphatic rings. The van der Waals surface area contributed by atoms with Gasteiger partial charge in [0, 0.05) is 17.0 Å². The van der Waals surface area contributed by atoms with E-state index >= 15 is 0 Å².